The molecule has 2 N–H and O–H groups in total. The molecular formula is C15H12F4N2O. The van der Waals surface area contributed by atoms with Gasteiger partial charge in [0.05, 0.1) is 11.3 Å². The Bertz CT molecular complexity index is 711. The zero-order valence-corrected chi connectivity index (χ0v) is 11.4. The number of alkyl halides is 3. The van der Waals surface area contributed by atoms with Crippen molar-refractivity contribution in [2.24, 2.45) is 4.99 Å². The van der Waals surface area contributed by atoms with Gasteiger partial charge >= 0.3 is 6.18 Å². The molecule has 0 atom stereocenters. The van der Waals surface area contributed by atoms with Gasteiger partial charge in [-0.3, -0.25) is 10.7 Å². The van der Waals surface area contributed by atoms with E-state index in [1.165, 1.54) is 0 Å². The Hall–Kier alpha value is -2.41. The third kappa shape index (κ3) is 3.43. The molecule has 2 rings (SSSR count). The van der Waals surface area contributed by atoms with Crippen molar-refractivity contribution in [2.45, 2.75) is 13.1 Å². The molecule has 0 aliphatic rings. The van der Waals surface area contributed by atoms with Gasteiger partial charge in [0.1, 0.15) is 5.82 Å². The van der Waals surface area contributed by atoms with E-state index in [0.29, 0.717) is 29.4 Å². The average Bonchev–Trinajstić information content (AvgIpc) is 2.45. The van der Waals surface area contributed by atoms with Crippen LogP contribution in [0, 0.1) is 12.7 Å². The number of amidine groups is 1. The molecule has 0 aliphatic heterocycles. The molecule has 0 saturated carbocycles. The molecule has 0 unspecified atom stereocenters. The molecule has 0 heterocycles. The SMILES string of the molecule is Cc1ccccc1N=C(NO)c1cc(F)ccc1C(F)(F)F. The molecule has 0 fully saturated rings. The van der Waals surface area contributed by atoms with E-state index in [4.69, 9.17) is 5.21 Å². The van der Waals surface area contributed by atoms with Gasteiger partial charge in [0.15, 0.2) is 5.84 Å². The van der Waals surface area contributed by atoms with E-state index in [1.807, 2.05) is 0 Å². The van der Waals surface area contributed by atoms with Gasteiger partial charge in [-0.2, -0.15) is 13.2 Å². The van der Waals surface area contributed by atoms with Crippen LogP contribution in [0.25, 0.3) is 0 Å². The molecule has 0 aliphatic carbocycles. The molecule has 22 heavy (non-hydrogen) atoms. The maximum atomic E-state index is 13.3. The summed E-state index contributed by atoms with van der Waals surface area (Å²) in [6.07, 6.45) is -4.70. The van der Waals surface area contributed by atoms with Crippen LogP contribution in [0.15, 0.2) is 47.5 Å². The van der Waals surface area contributed by atoms with Crippen LogP contribution in [0.2, 0.25) is 0 Å². The third-order valence-corrected chi connectivity index (χ3v) is 3.00. The second kappa shape index (κ2) is 6.15. The maximum Gasteiger partial charge on any atom is 0.417 e. The molecular weight excluding hydrogens is 300 g/mol. The highest BCUT2D eigenvalue weighted by molar-refractivity contribution is 6.01. The Morgan fingerprint density at radius 1 is 1.14 bits per heavy atom. The Morgan fingerprint density at radius 2 is 1.82 bits per heavy atom. The lowest BCUT2D eigenvalue weighted by Crippen LogP contribution is -2.24. The van der Waals surface area contributed by atoms with E-state index >= 15 is 0 Å². The molecule has 0 radical (unpaired) electrons. The molecule has 0 aromatic heterocycles. The molecule has 7 heteroatoms. The summed E-state index contributed by atoms with van der Waals surface area (Å²) in [4.78, 5) is 3.95. The minimum atomic E-state index is -4.70. The van der Waals surface area contributed by atoms with E-state index in [0.717, 1.165) is 0 Å². The second-order valence-electron chi connectivity index (χ2n) is 4.55. The fourth-order valence-corrected chi connectivity index (χ4v) is 1.91. The number of hydroxylamine groups is 1. The molecule has 2 aromatic rings. The summed E-state index contributed by atoms with van der Waals surface area (Å²) < 4.78 is 52.3. The maximum absolute atomic E-state index is 13.3. The fourth-order valence-electron chi connectivity index (χ4n) is 1.91. The van der Waals surface area contributed by atoms with Crippen molar-refractivity contribution in [1.29, 1.82) is 0 Å². The summed E-state index contributed by atoms with van der Waals surface area (Å²) in [5.74, 6) is -1.35. The van der Waals surface area contributed by atoms with Crippen LogP contribution in [0.4, 0.5) is 23.2 Å². The highest BCUT2D eigenvalue weighted by Gasteiger charge is 2.34. The molecule has 0 spiro atoms. The molecule has 0 saturated heterocycles. The minimum Gasteiger partial charge on any atom is -0.290 e. The Balaban J connectivity index is 2.62. The Morgan fingerprint density at radius 3 is 2.41 bits per heavy atom. The smallest absolute Gasteiger partial charge is 0.290 e. The first kappa shape index (κ1) is 16.0. The molecule has 3 nitrogen and oxygen atoms in total. The van der Waals surface area contributed by atoms with Crippen molar-refractivity contribution in [3.63, 3.8) is 0 Å². The number of hydrogen-bond acceptors (Lipinski definition) is 2. The van der Waals surface area contributed by atoms with Gasteiger partial charge in [-0.15, -0.1) is 0 Å². The Kier molecular flexibility index (Phi) is 4.46. The van der Waals surface area contributed by atoms with Crippen molar-refractivity contribution < 1.29 is 22.8 Å². The van der Waals surface area contributed by atoms with Crippen LogP contribution in [0.1, 0.15) is 16.7 Å². The molecule has 0 bridgehead atoms. The lowest BCUT2D eigenvalue weighted by atomic mass is 10.1. The fraction of sp³-hybridized carbons (Fsp3) is 0.133. The van der Waals surface area contributed by atoms with E-state index in [-0.39, 0.29) is 0 Å². The number of halogens is 4. The van der Waals surface area contributed by atoms with Gasteiger partial charge in [0.25, 0.3) is 0 Å². The van der Waals surface area contributed by atoms with Gasteiger partial charge in [-0.25, -0.2) is 9.38 Å². The number of para-hydroxylation sites is 1. The van der Waals surface area contributed by atoms with Crippen molar-refractivity contribution in [3.05, 3.63) is 65.0 Å². The zero-order valence-electron chi connectivity index (χ0n) is 11.4. The van der Waals surface area contributed by atoms with Crippen LogP contribution in [0.3, 0.4) is 0 Å². The van der Waals surface area contributed by atoms with Gasteiger partial charge in [0, 0.05) is 5.56 Å². The van der Waals surface area contributed by atoms with Gasteiger partial charge in [-0.1, -0.05) is 18.2 Å². The summed E-state index contributed by atoms with van der Waals surface area (Å²) in [5, 5.41) is 9.14. The normalized spacial score (nSPS) is 12.4. The van der Waals surface area contributed by atoms with Gasteiger partial charge < -0.3 is 0 Å². The van der Waals surface area contributed by atoms with E-state index in [9.17, 15) is 17.6 Å². The van der Waals surface area contributed by atoms with Crippen LogP contribution in [-0.2, 0) is 6.18 Å². The van der Waals surface area contributed by atoms with E-state index < -0.39 is 29.0 Å². The van der Waals surface area contributed by atoms with Crippen molar-refractivity contribution in [2.75, 3.05) is 0 Å². The number of hydrogen-bond donors (Lipinski definition) is 2. The van der Waals surface area contributed by atoms with Crippen molar-refractivity contribution in [3.8, 4) is 0 Å². The van der Waals surface area contributed by atoms with E-state index in [2.05, 4.69) is 4.99 Å². The highest BCUT2D eigenvalue weighted by Crippen LogP contribution is 2.33. The zero-order chi connectivity index (χ0) is 16.3. The quantitative estimate of drug-likeness (QED) is 0.377. The minimum absolute atomic E-state index is 0.358. The summed E-state index contributed by atoms with van der Waals surface area (Å²) >= 11 is 0. The lowest BCUT2D eigenvalue weighted by molar-refractivity contribution is -0.137. The lowest BCUT2D eigenvalue weighted by Gasteiger charge is -2.14. The number of benzene rings is 2. The van der Waals surface area contributed by atoms with Crippen molar-refractivity contribution >= 4 is 11.5 Å². The largest absolute Gasteiger partial charge is 0.417 e. The van der Waals surface area contributed by atoms with Crippen LogP contribution >= 0.6 is 0 Å². The molecule has 116 valence electrons. The average molecular weight is 312 g/mol. The first-order valence-corrected chi connectivity index (χ1v) is 6.24. The second-order valence-corrected chi connectivity index (χ2v) is 4.55. The number of rotatable bonds is 2. The monoisotopic (exact) mass is 312 g/mol. The third-order valence-electron chi connectivity index (χ3n) is 3.00. The predicted octanol–water partition coefficient (Wildman–Crippen LogP) is 4.21. The summed E-state index contributed by atoms with van der Waals surface area (Å²) in [7, 11) is 0. The summed E-state index contributed by atoms with van der Waals surface area (Å²) in [6, 6.07) is 8.65. The summed E-state index contributed by atoms with van der Waals surface area (Å²) in [6.45, 7) is 1.71. The number of nitrogens with one attached hydrogen (secondary N) is 1. The van der Waals surface area contributed by atoms with Crippen molar-refractivity contribution in [1.82, 2.24) is 5.48 Å². The molecule has 0 amide bonds. The summed E-state index contributed by atoms with van der Waals surface area (Å²) in [5.41, 5.74) is 1.00. The number of nitrogens with zero attached hydrogens (tertiary/aromatic N) is 1. The first-order valence-electron chi connectivity index (χ1n) is 6.24. The number of aryl methyl sites for hydroxylation is 1. The topological polar surface area (TPSA) is 44.6 Å². The van der Waals surface area contributed by atoms with E-state index in [1.54, 1.807) is 36.7 Å². The Labute approximate surface area is 123 Å². The van der Waals surface area contributed by atoms with Gasteiger partial charge in [0.2, 0.25) is 0 Å². The predicted molar refractivity (Wildman–Crippen MR) is 73.7 cm³/mol. The molecule has 2 aromatic carbocycles. The standard InChI is InChI=1S/C15H12F4N2O/c1-9-4-2-3-5-13(9)20-14(21-22)11-8-10(16)6-7-12(11)15(17,18)19/h2-8,22H,1H3,(H,20,21). The van der Waals surface area contributed by atoms with Crippen LogP contribution in [0.5, 0.6) is 0 Å². The number of aliphatic imine (C=N–C) groups is 1. The van der Waals surface area contributed by atoms with Crippen LogP contribution in [-0.4, -0.2) is 11.0 Å². The van der Waals surface area contributed by atoms with Gasteiger partial charge in [-0.05, 0) is 36.8 Å². The highest BCUT2D eigenvalue weighted by atomic mass is 19.4. The first-order chi connectivity index (χ1) is 10.3. The van der Waals surface area contributed by atoms with Crippen LogP contribution < -0.4 is 5.48 Å².